The number of imidazole rings is 1. The van der Waals surface area contributed by atoms with Crippen LogP contribution in [-0.4, -0.2) is 33.7 Å². The first-order valence-electron chi connectivity index (χ1n) is 9.54. The Balaban J connectivity index is 1.84. The summed E-state index contributed by atoms with van der Waals surface area (Å²) in [6.07, 6.45) is 4.67. The Hall–Kier alpha value is -2.91. The van der Waals surface area contributed by atoms with Gasteiger partial charge in [0.05, 0.1) is 28.3 Å². The van der Waals surface area contributed by atoms with Crippen LogP contribution in [0, 0.1) is 11.3 Å². The van der Waals surface area contributed by atoms with Gasteiger partial charge in [0.25, 0.3) is 0 Å². The van der Waals surface area contributed by atoms with E-state index in [1.165, 1.54) is 0 Å². The lowest BCUT2D eigenvalue weighted by Crippen LogP contribution is -2.44. The molecule has 0 bridgehead atoms. The van der Waals surface area contributed by atoms with Crippen LogP contribution in [0.5, 0.6) is 0 Å². The Morgan fingerprint density at radius 3 is 2.85 bits per heavy atom. The number of aromatic nitrogens is 3. The molecule has 4 rings (SSSR count). The maximum Gasteiger partial charge on any atom is 0.207 e. The molecule has 3 aromatic rings. The summed E-state index contributed by atoms with van der Waals surface area (Å²) >= 11 is 0. The molecule has 2 N–H and O–H groups in total. The minimum Gasteiger partial charge on any atom is -0.341 e. The SMILES string of the molecule is CC[C@@H](c1ccc(C#N)cn1)n1c(N2CCC[C@H](N)C2)nc2ccccc21. The number of nitriles is 1. The summed E-state index contributed by atoms with van der Waals surface area (Å²) in [5, 5.41) is 9.07. The van der Waals surface area contributed by atoms with Crippen LogP contribution in [0.3, 0.4) is 0 Å². The zero-order chi connectivity index (χ0) is 18.8. The largest absolute Gasteiger partial charge is 0.341 e. The van der Waals surface area contributed by atoms with Gasteiger partial charge >= 0.3 is 0 Å². The van der Waals surface area contributed by atoms with Crippen molar-refractivity contribution in [2.45, 2.75) is 38.3 Å². The van der Waals surface area contributed by atoms with Crippen molar-refractivity contribution in [2.24, 2.45) is 5.73 Å². The number of benzene rings is 1. The summed E-state index contributed by atoms with van der Waals surface area (Å²) in [4.78, 5) is 11.8. The van der Waals surface area contributed by atoms with Gasteiger partial charge in [-0.1, -0.05) is 19.1 Å². The molecule has 1 saturated heterocycles. The summed E-state index contributed by atoms with van der Waals surface area (Å²) in [5.41, 5.74) is 9.85. The second-order valence-corrected chi connectivity index (χ2v) is 7.13. The highest BCUT2D eigenvalue weighted by Gasteiger charge is 2.26. The second kappa shape index (κ2) is 7.37. The molecule has 27 heavy (non-hydrogen) atoms. The number of hydrogen-bond acceptors (Lipinski definition) is 5. The number of anilines is 1. The molecule has 0 spiro atoms. The third-order valence-electron chi connectivity index (χ3n) is 5.27. The maximum atomic E-state index is 9.07. The summed E-state index contributed by atoms with van der Waals surface area (Å²) in [6.45, 7) is 3.94. The standard InChI is InChI=1S/C21H24N6/c1-2-19(17-10-9-15(12-22)13-24-17)27-20-8-4-3-7-18(20)25-21(27)26-11-5-6-16(23)14-26/h3-4,7-10,13,16,19H,2,5-6,11,14,23H2,1H3/t16-,19-/m0/s1. The monoisotopic (exact) mass is 360 g/mol. The average Bonchev–Trinajstić information content (AvgIpc) is 3.09. The first kappa shape index (κ1) is 17.5. The number of para-hydroxylation sites is 2. The fraction of sp³-hybridized carbons (Fsp3) is 0.381. The molecule has 2 atom stereocenters. The highest BCUT2D eigenvalue weighted by Crippen LogP contribution is 2.33. The van der Waals surface area contributed by atoms with Crippen molar-refractivity contribution in [3.8, 4) is 6.07 Å². The minimum absolute atomic E-state index is 0.0540. The molecular formula is C21H24N6. The van der Waals surface area contributed by atoms with Crippen molar-refractivity contribution in [3.63, 3.8) is 0 Å². The smallest absolute Gasteiger partial charge is 0.207 e. The van der Waals surface area contributed by atoms with E-state index in [2.05, 4.69) is 39.6 Å². The van der Waals surface area contributed by atoms with Crippen LogP contribution >= 0.6 is 0 Å². The van der Waals surface area contributed by atoms with Gasteiger partial charge in [-0.15, -0.1) is 0 Å². The van der Waals surface area contributed by atoms with Gasteiger partial charge in [0, 0.05) is 25.3 Å². The fourth-order valence-electron chi connectivity index (χ4n) is 3.95. The van der Waals surface area contributed by atoms with Gasteiger partial charge in [0.15, 0.2) is 0 Å². The lowest BCUT2D eigenvalue weighted by molar-refractivity contribution is 0.482. The number of nitrogens with two attached hydrogens (primary N) is 1. The van der Waals surface area contributed by atoms with Crippen LogP contribution in [0.1, 0.15) is 43.5 Å². The Kier molecular flexibility index (Phi) is 4.78. The molecule has 1 aliphatic rings. The van der Waals surface area contributed by atoms with Crippen molar-refractivity contribution in [2.75, 3.05) is 18.0 Å². The molecule has 3 heterocycles. The average molecular weight is 360 g/mol. The van der Waals surface area contributed by atoms with Crippen LogP contribution in [-0.2, 0) is 0 Å². The van der Waals surface area contributed by atoms with Gasteiger partial charge in [-0.25, -0.2) is 4.98 Å². The second-order valence-electron chi connectivity index (χ2n) is 7.13. The number of nitrogens with zero attached hydrogens (tertiary/aromatic N) is 5. The molecule has 0 amide bonds. The Bertz CT molecular complexity index is 968. The van der Waals surface area contributed by atoms with E-state index in [9.17, 15) is 0 Å². The normalized spacial score (nSPS) is 18.4. The molecule has 0 radical (unpaired) electrons. The number of rotatable bonds is 4. The van der Waals surface area contributed by atoms with Gasteiger partial charge in [0.2, 0.25) is 5.95 Å². The van der Waals surface area contributed by atoms with Gasteiger partial charge in [0.1, 0.15) is 6.07 Å². The predicted molar refractivity (Wildman–Crippen MR) is 107 cm³/mol. The number of hydrogen-bond donors (Lipinski definition) is 1. The molecule has 0 aliphatic carbocycles. The third kappa shape index (κ3) is 3.26. The zero-order valence-electron chi connectivity index (χ0n) is 15.5. The Labute approximate surface area is 159 Å². The van der Waals surface area contributed by atoms with E-state index in [1.54, 1.807) is 6.20 Å². The number of pyridine rings is 1. The van der Waals surface area contributed by atoms with Crippen LogP contribution in [0.25, 0.3) is 11.0 Å². The molecule has 0 saturated carbocycles. The Morgan fingerprint density at radius 2 is 2.15 bits per heavy atom. The minimum atomic E-state index is 0.0540. The molecule has 2 aromatic heterocycles. The fourth-order valence-corrected chi connectivity index (χ4v) is 3.95. The molecule has 1 aliphatic heterocycles. The van der Waals surface area contributed by atoms with Crippen LogP contribution in [0.4, 0.5) is 5.95 Å². The van der Waals surface area contributed by atoms with E-state index in [-0.39, 0.29) is 12.1 Å². The van der Waals surface area contributed by atoms with Crippen LogP contribution in [0.2, 0.25) is 0 Å². The van der Waals surface area contributed by atoms with Crippen molar-refractivity contribution in [3.05, 3.63) is 53.9 Å². The molecule has 6 heteroatoms. The molecule has 0 unspecified atom stereocenters. The molecule has 1 fully saturated rings. The van der Waals surface area contributed by atoms with Crippen molar-refractivity contribution in [1.82, 2.24) is 14.5 Å². The van der Waals surface area contributed by atoms with Gasteiger partial charge < -0.3 is 15.2 Å². The molecule has 1 aromatic carbocycles. The molecule has 138 valence electrons. The quantitative estimate of drug-likeness (QED) is 0.772. The lowest BCUT2D eigenvalue weighted by atomic mass is 10.1. The summed E-state index contributed by atoms with van der Waals surface area (Å²) in [6, 6.07) is 14.4. The lowest BCUT2D eigenvalue weighted by Gasteiger charge is -2.33. The van der Waals surface area contributed by atoms with Crippen molar-refractivity contribution >= 4 is 17.0 Å². The van der Waals surface area contributed by atoms with E-state index < -0.39 is 0 Å². The first-order chi connectivity index (χ1) is 13.2. The number of piperidine rings is 1. The van der Waals surface area contributed by atoms with E-state index in [0.717, 1.165) is 55.0 Å². The van der Waals surface area contributed by atoms with E-state index in [4.69, 9.17) is 16.0 Å². The summed E-state index contributed by atoms with van der Waals surface area (Å²) in [5.74, 6) is 0.962. The predicted octanol–water partition coefficient (Wildman–Crippen LogP) is 3.23. The Morgan fingerprint density at radius 1 is 1.30 bits per heavy atom. The maximum absolute atomic E-state index is 9.07. The van der Waals surface area contributed by atoms with E-state index >= 15 is 0 Å². The highest BCUT2D eigenvalue weighted by atomic mass is 15.3. The molecular weight excluding hydrogens is 336 g/mol. The van der Waals surface area contributed by atoms with E-state index in [0.29, 0.717) is 5.56 Å². The topological polar surface area (TPSA) is 83.8 Å². The summed E-state index contributed by atoms with van der Waals surface area (Å²) < 4.78 is 2.29. The van der Waals surface area contributed by atoms with Gasteiger partial charge in [-0.2, -0.15) is 5.26 Å². The summed E-state index contributed by atoms with van der Waals surface area (Å²) in [7, 11) is 0. The highest BCUT2D eigenvalue weighted by molar-refractivity contribution is 5.79. The van der Waals surface area contributed by atoms with E-state index in [1.807, 2.05) is 24.3 Å². The van der Waals surface area contributed by atoms with Crippen LogP contribution < -0.4 is 10.6 Å². The zero-order valence-corrected chi connectivity index (χ0v) is 15.5. The van der Waals surface area contributed by atoms with Crippen molar-refractivity contribution in [1.29, 1.82) is 5.26 Å². The first-order valence-corrected chi connectivity index (χ1v) is 9.54. The molecule has 6 nitrogen and oxygen atoms in total. The van der Waals surface area contributed by atoms with Crippen LogP contribution in [0.15, 0.2) is 42.6 Å². The van der Waals surface area contributed by atoms with Crippen molar-refractivity contribution < 1.29 is 0 Å². The van der Waals surface area contributed by atoms with Gasteiger partial charge in [-0.05, 0) is 43.5 Å². The van der Waals surface area contributed by atoms with Gasteiger partial charge in [-0.3, -0.25) is 4.98 Å². The number of fused-ring (bicyclic) bond motifs is 1. The third-order valence-corrected chi connectivity index (χ3v) is 5.27.